The molecule has 0 radical (unpaired) electrons. The number of hydrogen-bond donors (Lipinski definition) is 1. The molecule has 0 aliphatic heterocycles. The van der Waals surface area contributed by atoms with E-state index >= 15 is 0 Å². The molecule has 0 fully saturated rings. The first-order valence-electron chi connectivity index (χ1n) is 3.91. The van der Waals surface area contributed by atoms with Crippen LogP contribution in [0.1, 0.15) is 20.0 Å². The van der Waals surface area contributed by atoms with E-state index in [1.165, 1.54) is 17.4 Å². The van der Waals surface area contributed by atoms with E-state index in [4.69, 9.17) is 5.11 Å². The van der Waals surface area contributed by atoms with Crippen LogP contribution in [0.4, 0.5) is 0 Å². The number of nitrogens with zero attached hydrogens (tertiary/aromatic N) is 1. The fourth-order valence-electron chi connectivity index (χ4n) is 1.39. The summed E-state index contributed by atoms with van der Waals surface area (Å²) in [6, 6.07) is 1.53. The predicted octanol–water partition coefficient (Wildman–Crippen LogP) is 1.75. The van der Waals surface area contributed by atoms with Gasteiger partial charge in [-0.1, -0.05) is 0 Å². The van der Waals surface area contributed by atoms with Gasteiger partial charge in [-0.15, -0.1) is 11.3 Å². The van der Waals surface area contributed by atoms with Gasteiger partial charge in [0.15, 0.2) is 6.29 Å². The highest BCUT2D eigenvalue weighted by molar-refractivity contribution is 7.20. The lowest BCUT2D eigenvalue weighted by Gasteiger charge is -1.88. The quantitative estimate of drug-likeness (QED) is 0.766. The zero-order valence-corrected chi connectivity index (χ0v) is 8.17. The van der Waals surface area contributed by atoms with Gasteiger partial charge in [-0.05, 0) is 6.07 Å². The molecule has 0 bridgehead atoms. The Morgan fingerprint density at radius 3 is 2.93 bits per heavy atom. The van der Waals surface area contributed by atoms with Crippen molar-refractivity contribution in [1.29, 1.82) is 0 Å². The number of hydrogen-bond acceptors (Lipinski definition) is 3. The number of carbonyl (C=O) groups excluding carboxylic acids is 1. The maximum absolute atomic E-state index is 10.7. The molecule has 0 spiro atoms. The van der Waals surface area contributed by atoms with Crippen molar-refractivity contribution >= 4 is 33.8 Å². The van der Waals surface area contributed by atoms with Gasteiger partial charge in [0.1, 0.15) is 9.71 Å². The first-order valence-corrected chi connectivity index (χ1v) is 4.72. The molecular weight excluding hydrogens is 202 g/mol. The Bertz CT molecular complexity index is 523. The average Bonchev–Trinajstić information content (AvgIpc) is 2.66. The maximum atomic E-state index is 10.7. The van der Waals surface area contributed by atoms with Gasteiger partial charge in [0.25, 0.3) is 0 Å². The zero-order chi connectivity index (χ0) is 10.3. The minimum Gasteiger partial charge on any atom is -0.477 e. The summed E-state index contributed by atoms with van der Waals surface area (Å²) in [5.41, 5.74) is 0.534. The lowest BCUT2D eigenvalue weighted by molar-refractivity contribution is 0.0702. The van der Waals surface area contributed by atoms with Gasteiger partial charge < -0.3 is 9.67 Å². The van der Waals surface area contributed by atoms with Crippen LogP contribution in [0, 0.1) is 0 Å². The Labute approximate surface area is 83.4 Å². The second-order valence-corrected chi connectivity index (χ2v) is 3.98. The van der Waals surface area contributed by atoms with Gasteiger partial charge in [-0.3, -0.25) is 4.79 Å². The van der Waals surface area contributed by atoms with Crippen molar-refractivity contribution < 1.29 is 14.7 Å². The molecule has 0 aliphatic carbocycles. The molecule has 2 aromatic heterocycles. The first kappa shape index (κ1) is 8.96. The number of rotatable bonds is 2. The minimum absolute atomic E-state index is 0.259. The normalized spacial score (nSPS) is 10.6. The number of aldehydes is 1. The van der Waals surface area contributed by atoms with E-state index in [1.54, 1.807) is 17.8 Å². The monoisotopic (exact) mass is 209 g/mol. The number of thiophene rings is 1. The zero-order valence-electron chi connectivity index (χ0n) is 7.35. The van der Waals surface area contributed by atoms with Crippen molar-refractivity contribution in [1.82, 2.24) is 4.57 Å². The predicted molar refractivity (Wildman–Crippen MR) is 53.1 cm³/mol. The number of carboxylic acid groups (broad SMARTS) is 1. The highest BCUT2D eigenvalue weighted by Gasteiger charge is 2.13. The number of carboxylic acids is 1. The van der Waals surface area contributed by atoms with E-state index in [0.29, 0.717) is 10.9 Å². The number of aromatic carboxylic acids is 1. The van der Waals surface area contributed by atoms with Gasteiger partial charge >= 0.3 is 5.97 Å². The molecule has 0 atom stereocenters. The molecule has 0 saturated heterocycles. The fraction of sp³-hybridized carbons (Fsp3) is 0.111. The molecule has 4 nitrogen and oxygen atoms in total. The smallest absolute Gasteiger partial charge is 0.345 e. The Hall–Kier alpha value is -1.62. The lowest BCUT2D eigenvalue weighted by Crippen LogP contribution is -1.90. The highest BCUT2D eigenvalue weighted by Crippen LogP contribution is 2.28. The van der Waals surface area contributed by atoms with Crippen molar-refractivity contribution in [3.8, 4) is 0 Å². The average molecular weight is 209 g/mol. The molecule has 2 rings (SSSR count). The van der Waals surface area contributed by atoms with Crippen LogP contribution in [0.3, 0.4) is 0 Å². The van der Waals surface area contributed by atoms with Crippen LogP contribution in [0.25, 0.3) is 10.2 Å². The van der Waals surface area contributed by atoms with Crippen LogP contribution in [0.5, 0.6) is 0 Å². The molecule has 0 aliphatic rings. The van der Waals surface area contributed by atoms with Gasteiger partial charge in [-0.25, -0.2) is 4.79 Å². The molecule has 0 amide bonds. The summed E-state index contributed by atoms with van der Waals surface area (Å²) in [5.74, 6) is -0.956. The van der Waals surface area contributed by atoms with Crippen LogP contribution in [-0.4, -0.2) is 21.9 Å². The van der Waals surface area contributed by atoms with Gasteiger partial charge in [0.2, 0.25) is 0 Å². The second-order valence-electron chi connectivity index (χ2n) is 2.95. The molecule has 72 valence electrons. The van der Waals surface area contributed by atoms with E-state index in [1.807, 2.05) is 0 Å². The van der Waals surface area contributed by atoms with E-state index < -0.39 is 5.97 Å². The van der Waals surface area contributed by atoms with Crippen molar-refractivity contribution in [2.75, 3.05) is 0 Å². The van der Waals surface area contributed by atoms with E-state index in [9.17, 15) is 9.59 Å². The van der Waals surface area contributed by atoms with Crippen LogP contribution in [0.2, 0.25) is 0 Å². The Morgan fingerprint density at radius 2 is 2.36 bits per heavy atom. The number of aryl methyl sites for hydroxylation is 1. The van der Waals surface area contributed by atoms with Crippen LogP contribution >= 0.6 is 11.3 Å². The lowest BCUT2D eigenvalue weighted by atomic mass is 10.2. The number of aromatic nitrogens is 1. The van der Waals surface area contributed by atoms with E-state index in [0.717, 1.165) is 11.1 Å². The third-order valence-corrected chi connectivity index (χ3v) is 3.23. The summed E-state index contributed by atoms with van der Waals surface area (Å²) >= 11 is 1.17. The maximum Gasteiger partial charge on any atom is 0.345 e. The Balaban J connectivity index is 2.76. The number of carbonyl (C=O) groups is 2. The van der Waals surface area contributed by atoms with Crippen molar-refractivity contribution in [2.45, 2.75) is 0 Å². The summed E-state index contributed by atoms with van der Waals surface area (Å²) in [6.07, 6.45) is 2.43. The standard InChI is InChI=1S/C9H7NO3S/c1-10-3-5(4-11)6-2-7(9(12)13)14-8(6)10/h2-4H,1H3,(H,12,13). The SMILES string of the molecule is Cn1cc(C=O)c2cc(C(=O)O)sc21. The molecule has 2 aromatic rings. The first-order chi connectivity index (χ1) is 6.63. The summed E-state index contributed by atoms with van der Waals surface area (Å²) in [4.78, 5) is 22.4. The molecule has 1 N–H and O–H groups in total. The third-order valence-electron chi connectivity index (χ3n) is 2.01. The third kappa shape index (κ3) is 1.13. The van der Waals surface area contributed by atoms with Gasteiger partial charge in [0.05, 0.1) is 0 Å². The van der Waals surface area contributed by atoms with Crippen LogP contribution in [0.15, 0.2) is 12.3 Å². The summed E-state index contributed by atoms with van der Waals surface area (Å²) in [5, 5.41) is 9.48. The van der Waals surface area contributed by atoms with Crippen molar-refractivity contribution in [3.05, 3.63) is 22.7 Å². The van der Waals surface area contributed by atoms with Gasteiger partial charge in [-0.2, -0.15) is 0 Å². The van der Waals surface area contributed by atoms with Crippen molar-refractivity contribution in [3.63, 3.8) is 0 Å². The molecule has 14 heavy (non-hydrogen) atoms. The number of fused-ring (bicyclic) bond motifs is 1. The van der Waals surface area contributed by atoms with Gasteiger partial charge in [0, 0.05) is 24.2 Å². The minimum atomic E-state index is -0.956. The fourth-order valence-corrected chi connectivity index (χ4v) is 2.34. The van der Waals surface area contributed by atoms with Crippen molar-refractivity contribution in [2.24, 2.45) is 7.05 Å². The molecule has 0 saturated carbocycles. The topological polar surface area (TPSA) is 59.3 Å². The Kier molecular flexibility index (Phi) is 1.89. The molecule has 0 aromatic carbocycles. The molecular formula is C9H7NO3S. The van der Waals surface area contributed by atoms with E-state index in [-0.39, 0.29) is 4.88 Å². The summed E-state index contributed by atoms with van der Waals surface area (Å²) < 4.78 is 1.76. The molecule has 2 heterocycles. The largest absolute Gasteiger partial charge is 0.477 e. The molecule has 0 unspecified atom stereocenters. The van der Waals surface area contributed by atoms with Crippen LogP contribution in [-0.2, 0) is 7.05 Å². The van der Waals surface area contributed by atoms with E-state index in [2.05, 4.69) is 0 Å². The second kappa shape index (κ2) is 2.95. The summed E-state index contributed by atoms with van der Waals surface area (Å²) in [6.45, 7) is 0. The summed E-state index contributed by atoms with van der Waals surface area (Å²) in [7, 11) is 1.79. The van der Waals surface area contributed by atoms with Crippen LogP contribution < -0.4 is 0 Å². The highest BCUT2D eigenvalue weighted by atomic mass is 32.1. The Morgan fingerprint density at radius 1 is 1.64 bits per heavy atom. The molecule has 5 heteroatoms.